The lowest BCUT2D eigenvalue weighted by Crippen LogP contribution is -2.38. The van der Waals surface area contributed by atoms with Gasteiger partial charge in [-0.1, -0.05) is 19.3 Å². The number of methoxy groups -OCH3 is 1. The van der Waals surface area contributed by atoms with Crippen molar-refractivity contribution in [3.63, 3.8) is 0 Å². The second kappa shape index (κ2) is 4.65. The minimum Gasteiger partial charge on any atom is -0.496 e. The molecule has 2 N–H and O–H groups in total. The predicted molar refractivity (Wildman–Crippen MR) is 66.6 cm³/mol. The van der Waals surface area contributed by atoms with Gasteiger partial charge in [0, 0.05) is 11.1 Å². The maximum absolute atomic E-state index is 13.8. The lowest BCUT2D eigenvalue weighted by molar-refractivity contribution is 0.299. The van der Waals surface area contributed by atoms with Crippen LogP contribution in [0.2, 0.25) is 0 Å². The molecule has 1 aliphatic rings. The third kappa shape index (κ3) is 2.29. The first kappa shape index (κ1) is 12.4. The third-order valence-electron chi connectivity index (χ3n) is 3.84. The van der Waals surface area contributed by atoms with Crippen molar-refractivity contribution >= 4 is 0 Å². The molecule has 2 rings (SSSR count). The Hall–Kier alpha value is -1.09. The van der Waals surface area contributed by atoms with Crippen LogP contribution in [0.5, 0.6) is 5.75 Å². The first-order valence-electron chi connectivity index (χ1n) is 6.20. The van der Waals surface area contributed by atoms with E-state index in [4.69, 9.17) is 10.5 Å². The smallest absolute Gasteiger partial charge is 0.130 e. The molecule has 0 spiro atoms. The molecule has 0 aromatic heterocycles. The molecule has 1 fully saturated rings. The highest BCUT2D eigenvalue weighted by molar-refractivity contribution is 5.40. The van der Waals surface area contributed by atoms with Crippen molar-refractivity contribution in [1.82, 2.24) is 0 Å². The molecule has 1 saturated carbocycles. The molecule has 1 aliphatic carbocycles. The van der Waals surface area contributed by atoms with Gasteiger partial charge in [-0.2, -0.15) is 0 Å². The molecule has 2 nitrogen and oxygen atoms in total. The molecule has 0 bridgehead atoms. The van der Waals surface area contributed by atoms with Gasteiger partial charge in [-0.25, -0.2) is 4.39 Å². The summed E-state index contributed by atoms with van der Waals surface area (Å²) in [5, 5.41) is 0. The van der Waals surface area contributed by atoms with Gasteiger partial charge in [-0.05, 0) is 37.5 Å². The van der Waals surface area contributed by atoms with Crippen LogP contribution in [-0.4, -0.2) is 7.11 Å². The normalized spacial score (nSPS) is 19.1. The number of nitrogens with two attached hydrogens (primary N) is 1. The molecule has 3 heteroatoms. The highest BCUT2D eigenvalue weighted by Crippen LogP contribution is 2.37. The Bertz CT molecular complexity index is 411. The van der Waals surface area contributed by atoms with Gasteiger partial charge < -0.3 is 10.5 Å². The van der Waals surface area contributed by atoms with E-state index in [0.717, 1.165) is 31.2 Å². The Morgan fingerprint density at radius 1 is 1.24 bits per heavy atom. The van der Waals surface area contributed by atoms with Gasteiger partial charge in [0.2, 0.25) is 0 Å². The van der Waals surface area contributed by atoms with Crippen molar-refractivity contribution in [2.24, 2.45) is 5.73 Å². The quantitative estimate of drug-likeness (QED) is 0.856. The van der Waals surface area contributed by atoms with E-state index in [9.17, 15) is 4.39 Å². The summed E-state index contributed by atoms with van der Waals surface area (Å²) < 4.78 is 19.0. The standard InChI is InChI=1S/C14H20FNO/c1-10-12(15)8-11(9-13(10)17-2)14(16)6-4-3-5-7-14/h8-9H,3-7,16H2,1-2H3. The van der Waals surface area contributed by atoms with Crippen LogP contribution in [0.25, 0.3) is 0 Å². The van der Waals surface area contributed by atoms with Gasteiger partial charge in [0.25, 0.3) is 0 Å². The van der Waals surface area contributed by atoms with E-state index >= 15 is 0 Å². The second-order valence-corrected chi connectivity index (χ2v) is 5.00. The van der Waals surface area contributed by atoms with Gasteiger partial charge in [-0.3, -0.25) is 0 Å². The van der Waals surface area contributed by atoms with Gasteiger partial charge >= 0.3 is 0 Å². The van der Waals surface area contributed by atoms with Crippen molar-refractivity contribution in [2.45, 2.75) is 44.6 Å². The first-order chi connectivity index (χ1) is 8.07. The number of rotatable bonds is 2. The Balaban J connectivity index is 2.41. The topological polar surface area (TPSA) is 35.2 Å². The zero-order valence-electron chi connectivity index (χ0n) is 10.6. The summed E-state index contributed by atoms with van der Waals surface area (Å²) in [5.74, 6) is 0.366. The van der Waals surface area contributed by atoms with Crippen LogP contribution in [0.4, 0.5) is 4.39 Å². The summed E-state index contributed by atoms with van der Waals surface area (Å²) in [6.45, 7) is 1.72. The molecule has 0 heterocycles. The fourth-order valence-corrected chi connectivity index (χ4v) is 2.62. The monoisotopic (exact) mass is 237 g/mol. The van der Waals surface area contributed by atoms with Gasteiger partial charge in [0.15, 0.2) is 0 Å². The van der Waals surface area contributed by atoms with Crippen LogP contribution in [0.1, 0.15) is 43.2 Å². The summed E-state index contributed by atoms with van der Waals surface area (Å²) >= 11 is 0. The minimum atomic E-state index is -0.375. The number of benzene rings is 1. The molecule has 0 saturated heterocycles. The first-order valence-corrected chi connectivity index (χ1v) is 6.20. The number of ether oxygens (including phenoxy) is 1. The molecule has 1 aromatic rings. The molecule has 1 aromatic carbocycles. The lowest BCUT2D eigenvalue weighted by atomic mass is 9.77. The van der Waals surface area contributed by atoms with Crippen LogP contribution in [0.15, 0.2) is 12.1 Å². The summed E-state index contributed by atoms with van der Waals surface area (Å²) in [4.78, 5) is 0. The summed E-state index contributed by atoms with van der Waals surface area (Å²) in [5.41, 5.74) is 7.45. The fourth-order valence-electron chi connectivity index (χ4n) is 2.62. The van der Waals surface area contributed by atoms with E-state index in [2.05, 4.69) is 0 Å². The van der Waals surface area contributed by atoms with Gasteiger partial charge in [0.05, 0.1) is 7.11 Å². The maximum Gasteiger partial charge on any atom is 0.130 e. The highest BCUT2D eigenvalue weighted by atomic mass is 19.1. The predicted octanol–water partition coefficient (Wildman–Crippen LogP) is 3.26. The van der Waals surface area contributed by atoms with Crippen molar-refractivity contribution in [1.29, 1.82) is 0 Å². The molecular weight excluding hydrogens is 217 g/mol. The molecule has 0 amide bonds. The van der Waals surface area contributed by atoms with Crippen molar-refractivity contribution in [3.8, 4) is 5.75 Å². The summed E-state index contributed by atoms with van der Waals surface area (Å²) in [7, 11) is 1.57. The Morgan fingerprint density at radius 3 is 2.47 bits per heavy atom. The second-order valence-electron chi connectivity index (χ2n) is 5.00. The number of halogens is 1. The molecule has 0 radical (unpaired) electrons. The SMILES string of the molecule is COc1cc(C2(N)CCCCC2)cc(F)c1C. The zero-order valence-corrected chi connectivity index (χ0v) is 10.6. The molecule has 0 aliphatic heterocycles. The highest BCUT2D eigenvalue weighted by Gasteiger charge is 2.30. The molecule has 0 atom stereocenters. The van der Waals surface area contributed by atoms with Crippen LogP contribution >= 0.6 is 0 Å². The Kier molecular flexibility index (Phi) is 3.38. The molecule has 94 valence electrons. The maximum atomic E-state index is 13.8. The van der Waals surface area contributed by atoms with Crippen LogP contribution in [0, 0.1) is 12.7 Å². The van der Waals surface area contributed by atoms with E-state index in [1.807, 2.05) is 6.07 Å². The van der Waals surface area contributed by atoms with E-state index in [1.165, 1.54) is 6.42 Å². The van der Waals surface area contributed by atoms with Crippen LogP contribution in [-0.2, 0) is 5.54 Å². The summed E-state index contributed by atoms with van der Waals surface area (Å²) in [6, 6.07) is 3.47. The fraction of sp³-hybridized carbons (Fsp3) is 0.571. The minimum absolute atomic E-state index is 0.227. The van der Waals surface area contributed by atoms with E-state index in [1.54, 1.807) is 20.1 Å². The molecular formula is C14H20FNO. The Labute approximate surface area is 102 Å². The van der Waals surface area contributed by atoms with E-state index < -0.39 is 0 Å². The average Bonchev–Trinajstić information content (AvgIpc) is 2.33. The number of hydrogen-bond acceptors (Lipinski definition) is 2. The van der Waals surface area contributed by atoms with Crippen molar-refractivity contribution in [2.75, 3.05) is 7.11 Å². The van der Waals surface area contributed by atoms with Crippen molar-refractivity contribution in [3.05, 3.63) is 29.1 Å². The largest absolute Gasteiger partial charge is 0.496 e. The van der Waals surface area contributed by atoms with E-state index in [-0.39, 0.29) is 11.4 Å². The molecule has 17 heavy (non-hydrogen) atoms. The van der Waals surface area contributed by atoms with Crippen molar-refractivity contribution < 1.29 is 9.13 Å². The van der Waals surface area contributed by atoms with E-state index in [0.29, 0.717) is 11.3 Å². The average molecular weight is 237 g/mol. The van der Waals surface area contributed by atoms with Crippen LogP contribution in [0.3, 0.4) is 0 Å². The van der Waals surface area contributed by atoms with Gasteiger partial charge in [0.1, 0.15) is 11.6 Å². The summed E-state index contributed by atoms with van der Waals surface area (Å²) in [6.07, 6.45) is 5.32. The lowest BCUT2D eigenvalue weighted by Gasteiger charge is -2.34. The van der Waals surface area contributed by atoms with Gasteiger partial charge in [-0.15, -0.1) is 0 Å². The third-order valence-corrected chi connectivity index (χ3v) is 3.84. The Morgan fingerprint density at radius 2 is 1.88 bits per heavy atom. The zero-order chi connectivity index (χ0) is 12.5. The molecule has 0 unspecified atom stereocenters. The number of hydrogen-bond donors (Lipinski definition) is 1. The van der Waals surface area contributed by atoms with Crippen LogP contribution < -0.4 is 10.5 Å².